The number of nitrogens with zero attached hydrogens (tertiary/aromatic N) is 3. The van der Waals surface area contributed by atoms with E-state index in [1.165, 1.54) is 0 Å². The molecule has 1 atom stereocenters. The molecule has 1 aromatic heterocycles. The van der Waals surface area contributed by atoms with Gasteiger partial charge in [0.15, 0.2) is 0 Å². The molecule has 6 nitrogen and oxygen atoms in total. The minimum Gasteiger partial charge on any atom is -0.481 e. The van der Waals surface area contributed by atoms with Gasteiger partial charge in [-0.3, -0.25) is 14.3 Å². The highest BCUT2D eigenvalue weighted by Crippen LogP contribution is 2.19. The second kappa shape index (κ2) is 5.03. The number of carboxylic acid groups (broad SMARTS) is 1. The number of rotatable bonds is 3. The summed E-state index contributed by atoms with van der Waals surface area (Å²) in [6.45, 7) is 4.69. The smallest absolute Gasteiger partial charge is 0.308 e. The Labute approximate surface area is 112 Å². The van der Waals surface area contributed by atoms with Crippen molar-refractivity contribution in [3.8, 4) is 0 Å². The molecule has 0 aliphatic carbocycles. The molecule has 1 amide bonds. The number of aliphatic carboxylic acids is 1. The number of aryl methyl sites for hydroxylation is 2. The normalized spacial score (nSPS) is 18.9. The summed E-state index contributed by atoms with van der Waals surface area (Å²) in [7, 11) is 1.85. The Balaban J connectivity index is 2.04. The Kier molecular flexibility index (Phi) is 3.59. The summed E-state index contributed by atoms with van der Waals surface area (Å²) in [6.07, 6.45) is 0.851. The summed E-state index contributed by atoms with van der Waals surface area (Å²) < 4.78 is 1.77. The van der Waals surface area contributed by atoms with Crippen molar-refractivity contribution < 1.29 is 14.7 Å². The predicted molar refractivity (Wildman–Crippen MR) is 68.7 cm³/mol. The Bertz CT molecular complexity index is 521. The number of hydrogen-bond donors (Lipinski definition) is 1. The Morgan fingerprint density at radius 3 is 2.58 bits per heavy atom. The highest BCUT2D eigenvalue weighted by Gasteiger charge is 2.31. The summed E-state index contributed by atoms with van der Waals surface area (Å²) in [6, 6.07) is 0. The number of hydrogen-bond acceptors (Lipinski definition) is 3. The van der Waals surface area contributed by atoms with E-state index in [0.717, 1.165) is 17.0 Å². The van der Waals surface area contributed by atoms with E-state index in [2.05, 4.69) is 5.10 Å². The number of aromatic nitrogens is 2. The van der Waals surface area contributed by atoms with E-state index in [-0.39, 0.29) is 5.91 Å². The second-order valence-electron chi connectivity index (χ2n) is 5.11. The van der Waals surface area contributed by atoms with Gasteiger partial charge >= 0.3 is 5.97 Å². The van der Waals surface area contributed by atoms with Crippen LogP contribution in [0.4, 0.5) is 0 Å². The number of carbonyl (C=O) groups is 2. The third-order valence-corrected chi connectivity index (χ3v) is 3.88. The van der Waals surface area contributed by atoms with Crippen LogP contribution in [0.25, 0.3) is 0 Å². The van der Waals surface area contributed by atoms with E-state index < -0.39 is 11.9 Å². The van der Waals surface area contributed by atoms with E-state index in [9.17, 15) is 9.59 Å². The Hall–Kier alpha value is -1.85. The second-order valence-corrected chi connectivity index (χ2v) is 5.11. The van der Waals surface area contributed by atoms with Crippen LogP contribution in [0.5, 0.6) is 0 Å². The molecular formula is C13H19N3O3. The Morgan fingerprint density at radius 1 is 1.42 bits per heavy atom. The van der Waals surface area contributed by atoms with E-state index in [1.54, 1.807) is 9.58 Å². The van der Waals surface area contributed by atoms with Gasteiger partial charge in [0.05, 0.1) is 18.0 Å². The molecule has 1 fully saturated rings. The Morgan fingerprint density at radius 2 is 2.11 bits per heavy atom. The molecule has 1 aliphatic rings. The van der Waals surface area contributed by atoms with Crippen LogP contribution in [0.15, 0.2) is 0 Å². The van der Waals surface area contributed by atoms with Crippen molar-refractivity contribution in [2.24, 2.45) is 13.0 Å². The van der Waals surface area contributed by atoms with Crippen LogP contribution in [0, 0.1) is 19.8 Å². The number of carboxylic acids is 1. The predicted octanol–water partition coefficient (Wildman–Crippen LogP) is 0.513. The minimum atomic E-state index is -0.816. The van der Waals surface area contributed by atoms with Crippen molar-refractivity contribution in [3.05, 3.63) is 17.0 Å². The van der Waals surface area contributed by atoms with Gasteiger partial charge in [-0.1, -0.05) is 0 Å². The zero-order valence-corrected chi connectivity index (χ0v) is 11.5. The lowest BCUT2D eigenvalue weighted by molar-refractivity contribution is -0.141. The van der Waals surface area contributed by atoms with Crippen molar-refractivity contribution in [2.45, 2.75) is 26.7 Å². The molecule has 1 unspecified atom stereocenters. The first-order chi connectivity index (χ1) is 8.90. The van der Waals surface area contributed by atoms with Crippen molar-refractivity contribution >= 4 is 11.9 Å². The molecule has 0 radical (unpaired) electrons. The fraction of sp³-hybridized carbons (Fsp3) is 0.615. The molecule has 1 aromatic rings. The van der Waals surface area contributed by atoms with Gasteiger partial charge in [-0.15, -0.1) is 0 Å². The lowest BCUT2D eigenvalue weighted by atomic mass is 10.1. The van der Waals surface area contributed by atoms with Crippen molar-refractivity contribution in [1.29, 1.82) is 0 Å². The zero-order valence-electron chi connectivity index (χ0n) is 11.5. The SMILES string of the molecule is Cc1nn(C)c(C)c1CC(=O)N1CCC(C(=O)O)C1. The standard InChI is InChI=1S/C13H19N3O3/c1-8-11(9(2)15(3)14-8)6-12(17)16-5-4-10(7-16)13(18)19/h10H,4-7H2,1-3H3,(H,18,19). The zero-order chi connectivity index (χ0) is 14.2. The van der Waals surface area contributed by atoms with Crippen LogP contribution in [0.1, 0.15) is 23.4 Å². The summed E-state index contributed by atoms with van der Waals surface area (Å²) >= 11 is 0. The van der Waals surface area contributed by atoms with Crippen LogP contribution in [0.3, 0.4) is 0 Å². The molecular weight excluding hydrogens is 246 g/mol. The number of carbonyl (C=O) groups excluding carboxylic acids is 1. The minimum absolute atomic E-state index is 0.0112. The average Bonchev–Trinajstić information content (AvgIpc) is 2.91. The van der Waals surface area contributed by atoms with Gasteiger partial charge < -0.3 is 10.0 Å². The highest BCUT2D eigenvalue weighted by atomic mass is 16.4. The van der Waals surface area contributed by atoms with Gasteiger partial charge in [0.25, 0.3) is 0 Å². The fourth-order valence-corrected chi connectivity index (χ4v) is 2.52. The summed E-state index contributed by atoms with van der Waals surface area (Å²) in [5, 5.41) is 13.2. The maximum absolute atomic E-state index is 12.2. The van der Waals surface area contributed by atoms with Gasteiger partial charge in [0.1, 0.15) is 0 Å². The van der Waals surface area contributed by atoms with Gasteiger partial charge in [0, 0.05) is 31.4 Å². The lowest BCUT2D eigenvalue weighted by Crippen LogP contribution is -2.31. The first-order valence-electron chi connectivity index (χ1n) is 6.39. The molecule has 2 rings (SSSR count). The van der Waals surface area contributed by atoms with Crippen LogP contribution in [0.2, 0.25) is 0 Å². The van der Waals surface area contributed by atoms with Crippen LogP contribution in [-0.2, 0) is 23.1 Å². The van der Waals surface area contributed by atoms with E-state index in [0.29, 0.717) is 25.9 Å². The number of amides is 1. The van der Waals surface area contributed by atoms with Crippen LogP contribution in [-0.4, -0.2) is 44.8 Å². The molecule has 2 heterocycles. The molecule has 0 aromatic carbocycles. The van der Waals surface area contributed by atoms with Crippen molar-refractivity contribution in [1.82, 2.24) is 14.7 Å². The topological polar surface area (TPSA) is 75.4 Å². The van der Waals surface area contributed by atoms with E-state index in [4.69, 9.17) is 5.11 Å². The van der Waals surface area contributed by atoms with Crippen LogP contribution >= 0.6 is 0 Å². The quantitative estimate of drug-likeness (QED) is 0.864. The van der Waals surface area contributed by atoms with E-state index >= 15 is 0 Å². The molecule has 104 valence electrons. The molecule has 0 saturated carbocycles. The summed E-state index contributed by atoms with van der Waals surface area (Å²) in [5.74, 6) is -1.24. The molecule has 19 heavy (non-hydrogen) atoms. The maximum atomic E-state index is 12.2. The van der Waals surface area contributed by atoms with E-state index in [1.807, 2.05) is 20.9 Å². The average molecular weight is 265 g/mol. The molecule has 1 aliphatic heterocycles. The fourth-order valence-electron chi connectivity index (χ4n) is 2.52. The third kappa shape index (κ3) is 2.62. The van der Waals surface area contributed by atoms with Gasteiger partial charge in [0.2, 0.25) is 5.91 Å². The van der Waals surface area contributed by atoms with Gasteiger partial charge in [-0.2, -0.15) is 5.10 Å². The monoisotopic (exact) mass is 265 g/mol. The first-order valence-corrected chi connectivity index (χ1v) is 6.39. The van der Waals surface area contributed by atoms with Crippen LogP contribution < -0.4 is 0 Å². The third-order valence-electron chi connectivity index (χ3n) is 3.88. The van der Waals surface area contributed by atoms with Gasteiger partial charge in [-0.25, -0.2) is 0 Å². The van der Waals surface area contributed by atoms with Gasteiger partial charge in [-0.05, 0) is 20.3 Å². The molecule has 0 spiro atoms. The molecule has 0 bridgehead atoms. The van der Waals surface area contributed by atoms with Crippen molar-refractivity contribution in [3.63, 3.8) is 0 Å². The summed E-state index contributed by atoms with van der Waals surface area (Å²) in [4.78, 5) is 24.7. The first kappa shape index (κ1) is 13.6. The number of likely N-dealkylation sites (tertiary alicyclic amines) is 1. The highest BCUT2D eigenvalue weighted by molar-refractivity contribution is 5.81. The lowest BCUT2D eigenvalue weighted by Gasteiger charge is -2.15. The largest absolute Gasteiger partial charge is 0.481 e. The molecule has 1 saturated heterocycles. The molecule has 1 N–H and O–H groups in total. The van der Waals surface area contributed by atoms with Crippen molar-refractivity contribution in [2.75, 3.05) is 13.1 Å². The molecule has 6 heteroatoms. The maximum Gasteiger partial charge on any atom is 0.308 e. The summed E-state index contributed by atoms with van der Waals surface area (Å²) in [5.41, 5.74) is 2.80.